The van der Waals surface area contributed by atoms with Crippen molar-refractivity contribution < 1.29 is 13.2 Å². The molecule has 0 bridgehead atoms. The van der Waals surface area contributed by atoms with Crippen LogP contribution in [-0.4, -0.2) is 63.6 Å². The lowest BCUT2D eigenvalue weighted by Gasteiger charge is -2.33. The number of rotatable bonds is 6. The molecule has 0 aliphatic carbocycles. The van der Waals surface area contributed by atoms with Crippen LogP contribution in [-0.2, 0) is 14.8 Å². The summed E-state index contributed by atoms with van der Waals surface area (Å²) in [7, 11) is -3.37. The van der Waals surface area contributed by atoms with E-state index in [0.29, 0.717) is 24.6 Å². The highest BCUT2D eigenvalue weighted by atomic mass is 79.9. The van der Waals surface area contributed by atoms with Gasteiger partial charge < -0.3 is 4.74 Å². The van der Waals surface area contributed by atoms with Gasteiger partial charge in [0.2, 0.25) is 10.0 Å². The van der Waals surface area contributed by atoms with E-state index in [2.05, 4.69) is 20.8 Å². The Morgan fingerprint density at radius 1 is 1.14 bits per heavy atom. The normalized spacial score (nSPS) is 18.0. The maximum absolute atomic E-state index is 12.5. The summed E-state index contributed by atoms with van der Waals surface area (Å²) in [5.74, 6) is 0. The van der Waals surface area contributed by atoms with Gasteiger partial charge in [-0.2, -0.15) is 4.31 Å². The quantitative estimate of drug-likeness (QED) is 0.710. The van der Waals surface area contributed by atoms with Crippen molar-refractivity contribution in [3.05, 3.63) is 28.7 Å². The van der Waals surface area contributed by atoms with Gasteiger partial charge in [0.1, 0.15) is 0 Å². The van der Waals surface area contributed by atoms with E-state index in [1.165, 1.54) is 0 Å². The van der Waals surface area contributed by atoms with Crippen LogP contribution >= 0.6 is 15.9 Å². The van der Waals surface area contributed by atoms with E-state index in [9.17, 15) is 8.42 Å². The lowest BCUT2D eigenvalue weighted by molar-refractivity contribution is 0.0979. The average Bonchev–Trinajstić information content (AvgIpc) is 2.48. The third-order valence-electron chi connectivity index (χ3n) is 3.54. The summed E-state index contributed by atoms with van der Waals surface area (Å²) >= 11 is 3.32. The maximum atomic E-state index is 12.5. The molecular formula is C14H21BrN2O3S. The first-order valence-corrected chi connectivity index (χ1v) is 9.33. The third-order valence-corrected chi connectivity index (χ3v) is 5.98. The van der Waals surface area contributed by atoms with Crippen LogP contribution < -0.4 is 0 Å². The molecule has 0 radical (unpaired) electrons. The molecule has 7 heteroatoms. The molecule has 1 fully saturated rings. The zero-order chi connectivity index (χ0) is 15.3. The molecule has 1 aliphatic heterocycles. The third kappa shape index (κ3) is 4.50. The molecule has 118 valence electrons. The summed E-state index contributed by atoms with van der Waals surface area (Å²) in [6.07, 6.45) is 0. The molecule has 0 unspecified atom stereocenters. The van der Waals surface area contributed by atoms with Gasteiger partial charge in [0.05, 0.1) is 11.5 Å². The number of nitrogens with zero attached hydrogens (tertiary/aromatic N) is 2. The highest BCUT2D eigenvalue weighted by Gasteiger charge is 2.28. The topological polar surface area (TPSA) is 49.9 Å². The van der Waals surface area contributed by atoms with Crippen molar-refractivity contribution in [2.45, 2.75) is 11.8 Å². The molecule has 1 aromatic carbocycles. The molecule has 0 aromatic heterocycles. The average molecular weight is 377 g/mol. The van der Waals surface area contributed by atoms with E-state index in [-0.39, 0.29) is 0 Å². The van der Waals surface area contributed by atoms with Gasteiger partial charge >= 0.3 is 0 Å². The Morgan fingerprint density at radius 3 is 2.33 bits per heavy atom. The van der Waals surface area contributed by atoms with Crippen molar-refractivity contribution in [1.29, 1.82) is 0 Å². The molecular weight excluding hydrogens is 356 g/mol. The first kappa shape index (κ1) is 16.9. The Balaban J connectivity index is 1.93. The van der Waals surface area contributed by atoms with Gasteiger partial charge in [-0.1, -0.05) is 15.9 Å². The van der Waals surface area contributed by atoms with E-state index < -0.39 is 10.0 Å². The minimum Gasteiger partial charge on any atom is -0.380 e. The molecule has 21 heavy (non-hydrogen) atoms. The second-order valence-electron chi connectivity index (χ2n) is 4.90. The largest absolute Gasteiger partial charge is 0.380 e. The fourth-order valence-electron chi connectivity index (χ4n) is 2.29. The Bertz CT molecular complexity index is 540. The molecule has 0 N–H and O–H groups in total. The van der Waals surface area contributed by atoms with Gasteiger partial charge in [-0.15, -0.1) is 0 Å². The summed E-state index contributed by atoms with van der Waals surface area (Å²) in [4.78, 5) is 2.59. The molecule has 1 heterocycles. The molecule has 1 aromatic rings. The predicted octanol–water partition coefficient (Wildman–Crippen LogP) is 1.79. The van der Waals surface area contributed by atoms with Crippen LogP contribution in [0.25, 0.3) is 0 Å². The molecule has 1 saturated heterocycles. The van der Waals surface area contributed by atoms with Crippen LogP contribution in [0.4, 0.5) is 0 Å². The first-order chi connectivity index (χ1) is 10.0. The zero-order valence-electron chi connectivity index (χ0n) is 12.2. The maximum Gasteiger partial charge on any atom is 0.243 e. The Morgan fingerprint density at radius 2 is 1.76 bits per heavy atom. The summed E-state index contributed by atoms with van der Waals surface area (Å²) in [6.45, 7) is 6.83. The molecule has 2 rings (SSSR count). The zero-order valence-corrected chi connectivity index (χ0v) is 14.6. The smallest absolute Gasteiger partial charge is 0.243 e. The van der Waals surface area contributed by atoms with E-state index in [0.717, 1.165) is 30.7 Å². The fourth-order valence-corrected chi connectivity index (χ4v) is 3.97. The van der Waals surface area contributed by atoms with E-state index >= 15 is 0 Å². The lowest BCUT2D eigenvalue weighted by atomic mass is 10.3. The molecule has 1 aliphatic rings. The van der Waals surface area contributed by atoms with Crippen LogP contribution in [0.1, 0.15) is 6.92 Å². The van der Waals surface area contributed by atoms with Crippen LogP contribution in [0, 0.1) is 0 Å². The number of sulfonamides is 1. The van der Waals surface area contributed by atoms with Crippen molar-refractivity contribution in [3.63, 3.8) is 0 Å². The number of hydrogen-bond donors (Lipinski definition) is 0. The van der Waals surface area contributed by atoms with Gasteiger partial charge in [-0.25, -0.2) is 8.42 Å². The van der Waals surface area contributed by atoms with Crippen molar-refractivity contribution in [1.82, 2.24) is 9.21 Å². The van der Waals surface area contributed by atoms with Crippen molar-refractivity contribution in [2.24, 2.45) is 0 Å². The van der Waals surface area contributed by atoms with Crippen molar-refractivity contribution in [3.8, 4) is 0 Å². The lowest BCUT2D eigenvalue weighted by Crippen LogP contribution is -2.49. The Kier molecular flexibility index (Phi) is 6.19. The molecule has 0 amide bonds. The molecule has 0 spiro atoms. The SMILES string of the molecule is CCOCCN1CCN(S(=O)(=O)c2ccc(Br)cc2)CC1. The van der Waals surface area contributed by atoms with Crippen LogP contribution in [0.2, 0.25) is 0 Å². The number of ether oxygens (including phenoxy) is 1. The minimum absolute atomic E-state index is 0.355. The van der Waals surface area contributed by atoms with Gasteiger partial charge in [0.15, 0.2) is 0 Å². The number of piperazine rings is 1. The first-order valence-electron chi connectivity index (χ1n) is 7.10. The number of benzene rings is 1. The van der Waals surface area contributed by atoms with Crippen LogP contribution in [0.3, 0.4) is 0 Å². The number of hydrogen-bond acceptors (Lipinski definition) is 4. The molecule has 0 atom stereocenters. The van der Waals surface area contributed by atoms with E-state index in [1.807, 2.05) is 6.92 Å². The summed E-state index contributed by atoms with van der Waals surface area (Å²) in [5.41, 5.74) is 0. The second-order valence-corrected chi connectivity index (χ2v) is 7.75. The fraction of sp³-hybridized carbons (Fsp3) is 0.571. The standard InChI is InChI=1S/C14H21BrN2O3S/c1-2-20-12-11-16-7-9-17(10-8-16)21(18,19)14-5-3-13(15)4-6-14/h3-6H,2,7-12H2,1H3. The van der Waals surface area contributed by atoms with Crippen LogP contribution in [0.5, 0.6) is 0 Å². The summed E-state index contributed by atoms with van der Waals surface area (Å²) in [5, 5.41) is 0. The number of halogens is 1. The minimum atomic E-state index is -3.37. The molecule has 0 saturated carbocycles. The second kappa shape index (κ2) is 7.69. The monoisotopic (exact) mass is 376 g/mol. The van der Waals surface area contributed by atoms with Gasteiger partial charge in [0, 0.05) is 43.8 Å². The Labute approximate surface area is 135 Å². The van der Waals surface area contributed by atoms with Crippen molar-refractivity contribution in [2.75, 3.05) is 45.9 Å². The Hall–Kier alpha value is -0.470. The van der Waals surface area contributed by atoms with E-state index in [1.54, 1.807) is 28.6 Å². The van der Waals surface area contributed by atoms with Gasteiger partial charge in [-0.05, 0) is 31.2 Å². The van der Waals surface area contributed by atoms with Gasteiger partial charge in [0.25, 0.3) is 0 Å². The summed E-state index contributed by atoms with van der Waals surface area (Å²) < 4.78 is 32.8. The van der Waals surface area contributed by atoms with Gasteiger partial charge in [-0.3, -0.25) is 4.90 Å². The highest BCUT2D eigenvalue weighted by Crippen LogP contribution is 2.20. The molecule has 5 nitrogen and oxygen atoms in total. The van der Waals surface area contributed by atoms with Crippen LogP contribution in [0.15, 0.2) is 33.6 Å². The van der Waals surface area contributed by atoms with E-state index in [4.69, 9.17) is 4.74 Å². The predicted molar refractivity (Wildman–Crippen MR) is 85.8 cm³/mol. The van der Waals surface area contributed by atoms with Crippen molar-refractivity contribution >= 4 is 26.0 Å². The summed E-state index contributed by atoms with van der Waals surface area (Å²) in [6, 6.07) is 6.79. The highest BCUT2D eigenvalue weighted by molar-refractivity contribution is 9.10.